The Hall–Kier alpha value is -3.20. The zero-order valence-corrected chi connectivity index (χ0v) is 22.3. The molecule has 3 aromatic rings. The van der Waals surface area contributed by atoms with Crippen LogP contribution in [0, 0.1) is 5.92 Å². The van der Waals surface area contributed by atoms with Crippen molar-refractivity contribution in [1.82, 2.24) is 9.21 Å². The van der Waals surface area contributed by atoms with Crippen molar-refractivity contribution in [2.75, 3.05) is 20.1 Å². The molecule has 7 nitrogen and oxygen atoms in total. The van der Waals surface area contributed by atoms with Crippen LogP contribution in [-0.4, -0.2) is 55.0 Å². The Bertz CT molecular complexity index is 1250. The predicted molar refractivity (Wildman–Crippen MR) is 143 cm³/mol. The van der Waals surface area contributed by atoms with E-state index in [0.29, 0.717) is 25.9 Å². The van der Waals surface area contributed by atoms with Crippen LogP contribution in [-0.2, 0) is 15.6 Å². The van der Waals surface area contributed by atoms with Gasteiger partial charge in [-0.05, 0) is 68.0 Å². The summed E-state index contributed by atoms with van der Waals surface area (Å²) in [5, 5.41) is 12.0. The Labute approximate surface area is 219 Å². The number of hydrogen-bond donors (Lipinski definition) is 1. The molecular weight excluding hydrogens is 488 g/mol. The standard InChI is InChI=1S/C29H34N2O5S/c1-22(2)30(3)37(34,35)27-16-14-26(15-17-27)36-28(32)31-20-18-25(19-21-31)29(33,23-10-6-4-7-11-23)24-12-8-5-9-13-24/h4-17,22,25,33H,18-21H2,1-3H3. The van der Waals surface area contributed by atoms with E-state index in [1.165, 1.54) is 35.6 Å². The minimum Gasteiger partial charge on any atom is -0.410 e. The van der Waals surface area contributed by atoms with Gasteiger partial charge in [-0.25, -0.2) is 13.2 Å². The molecule has 3 aromatic carbocycles. The molecule has 0 unspecified atom stereocenters. The van der Waals surface area contributed by atoms with E-state index in [2.05, 4.69) is 0 Å². The van der Waals surface area contributed by atoms with Gasteiger partial charge in [-0.15, -0.1) is 0 Å². The average Bonchev–Trinajstić information content (AvgIpc) is 2.93. The Balaban J connectivity index is 1.43. The van der Waals surface area contributed by atoms with E-state index in [-0.39, 0.29) is 22.6 Å². The predicted octanol–water partition coefficient (Wildman–Crippen LogP) is 4.86. The molecule has 0 radical (unpaired) electrons. The van der Waals surface area contributed by atoms with Crippen molar-refractivity contribution in [3.63, 3.8) is 0 Å². The van der Waals surface area contributed by atoms with E-state index in [1.54, 1.807) is 18.7 Å². The van der Waals surface area contributed by atoms with Gasteiger partial charge in [0, 0.05) is 26.2 Å². The van der Waals surface area contributed by atoms with E-state index in [0.717, 1.165) is 11.1 Å². The SMILES string of the molecule is CC(C)N(C)S(=O)(=O)c1ccc(OC(=O)N2CCC(C(O)(c3ccccc3)c3ccccc3)CC2)cc1. The van der Waals surface area contributed by atoms with Crippen LogP contribution in [0.3, 0.4) is 0 Å². The van der Waals surface area contributed by atoms with Gasteiger partial charge >= 0.3 is 6.09 Å². The van der Waals surface area contributed by atoms with Crippen LogP contribution in [0.2, 0.25) is 0 Å². The van der Waals surface area contributed by atoms with Gasteiger partial charge in [0.2, 0.25) is 10.0 Å². The van der Waals surface area contributed by atoms with Gasteiger partial charge in [0.05, 0.1) is 4.90 Å². The number of piperidine rings is 1. The molecule has 4 rings (SSSR count). The van der Waals surface area contributed by atoms with Crippen LogP contribution >= 0.6 is 0 Å². The zero-order chi connectivity index (χ0) is 26.6. The number of nitrogens with zero attached hydrogens (tertiary/aromatic N) is 2. The van der Waals surface area contributed by atoms with Gasteiger partial charge in [0.25, 0.3) is 0 Å². The highest BCUT2D eigenvalue weighted by Crippen LogP contribution is 2.42. The van der Waals surface area contributed by atoms with Gasteiger partial charge in [-0.1, -0.05) is 60.7 Å². The Morgan fingerprint density at radius 1 is 0.919 bits per heavy atom. The second-order valence-electron chi connectivity index (χ2n) is 9.71. The maximum Gasteiger partial charge on any atom is 0.415 e. The molecule has 0 aromatic heterocycles. The number of likely N-dealkylation sites (tertiary alicyclic amines) is 1. The minimum atomic E-state index is -3.61. The second-order valence-corrected chi connectivity index (χ2v) is 11.7. The normalized spacial score (nSPS) is 15.2. The van der Waals surface area contributed by atoms with E-state index in [1.807, 2.05) is 60.7 Å². The molecule has 37 heavy (non-hydrogen) atoms. The number of hydrogen-bond acceptors (Lipinski definition) is 5. The number of sulfonamides is 1. The lowest BCUT2D eigenvalue weighted by Crippen LogP contribution is -2.46. The lowest BCUT2D eigenvalue weighted by molar-refractivity contribution is -0.0115. The summed E-state index contributed by atoms with van der Waals surface area (Å²) in [6.07, 6.45) is 0.721. The van der Waals surface area contributed by atoms with E-state index in [4.69, 9.17) is 4.74 Å². The molecule has 1 fully saturated rings. The van der Waals surface area contributed by atoms with Crippen LogP contribution in [0.1, 0.15) is 37.8 Å². The first kappa shape index (κ1) is 26.9. The minimum absolute atomic E-state index is 0.0798. The largest absolute Gasteiger partial charge is 0.415 e. The van der Waals surface area contributed by atoms with Crippen molar-refractivity contribution in [2.24, 2.45) is 5.92 Å². The summed E-state index contributed by atoms with van der Waals surface area (Å²) < 4.78 is 32.2. The molecule has 1 heterocycles. The molecule has 0 atom stereocenters. The molecule has 0 aliphatic carbocycles. The molecule has 1 aliphatic rings. The number of carbonyl (C=O) groups is 1. The highest BCUT2D eigenvalue weighted by molar-refractivity contribution is 7.89. The van der Waals surface area contributed by atoms with Gasteiger partial charge in [0.1, 0.15) is 11.4 Å². The Morgan fingerprint density at radius 2 is 1.41 bits per heavy atom. The Morgan fingerprint density at radius 3 is 1.86 bits per heavy atom. The van der Waals surface area contributed by atoms with Gasteiger partial charge < -0.3 is 14.7 Å². The lowest BCUT2D eigenvalue weighted by Gasteiger charge is -2.42. The summed E-state index contributed by atoms with van der Waals surface area (Å²) in [5.41, 5.74) is 0.504. The molecular formula is C29H34N2O5S. The monoisotopic (exact) mass is 522 g/mol. The highest BCUT2D eigenvalue weighted by atomic mass is 32.2. The van der Waals surface area contributed by atoms with Crippen LogP contribution in [0.4, 0.5) is 4.79 Å². The number of amides is 1. The third-order valence-electron chi connectivity index (χ3n) is 7.20. The van der Waals surface area contributed by atoms with Crippen molar-refractivity contribution < 1.29 is 23.1 Å². The second kappa shape index (κ2) is 11.0. The molecule has 0 saturated carbocycles. The summed E-state index contributed by atoms with van der Waals surface area (Å²) in [6, 6.07) is 25.0. The van der Waals surface area contributed by atoms with Crippen molar-refractivity contribution in [3.8, 4) is 5.75 Å². The third-order valence-corrected chi connectivity index (χ3v) is 9.25. The van der Waals surface area contributed by atoms with Gasteiger partial charge in [-0.2, -0.15) is 4.31 Å². The first-order chi connectivity index (χ1) is 17.6. The fourth-order valence-electron chi connectivity index (χ4n) is 4.79. The molecule has 0 bridgehead atoms. The number of ether oxygens (including phenoxy) is 1. The maximum absolute atomic E-state index is 12.9. The summed E-state index contributed by atoms with van der Waals surface area (Å²) in [5.74, 6) is 0.201. The smallest absolute Gasteiger partial charge is 0.410 e. The van der Waals surface area contributed by atoms with Crippen LogP contribution in [0.25, 0.3) is 0 Å². The molecule has 1 saturated heterocycles. The van der Waals surface area contributed by atoms with Crippen molar-refractivity contribution >= 4 is 16.1 Å². The van der Waals surface area contributed by atoms with Crippen LogP contribution in [0.5, 0.6) is 5.75 Å². The molecule has 196 valence electrons. The molecule has 0 spiro atoms. The molecule has 1 amide bonds. The highest BCUT2D eigenvalue weighted by Gasteiger charge is 2.42. The summed E-state index contributed by atoms with van der Waals surface area (Å²) in [4.78, 5) is 14.6. The molecule has 8 heteroatoms. The summed E-state index contributed by atoms with van der Waals surface area (Å²) in [6.45, 7) is 4.49. The van der Waals surface area contributed by atoms with E-state index < -0.39 is 21.7 Å². The molecule has 1 N–H and O–H groups in total. The first-order valence-electron chi connectivity index (χ1n) is 12.5. The fraction of sp³-hybridized carbons (Fsp3) is 0.345. The zero-order valence-electron chi connectivity index (χ0n) is 21.4. The average molecular weight is 523 g/mol. The quantitative estimate of drug-likeness (QED) is 0.479. The summed E-state index contributed by atoms with van der Waals surface area (Å²) >= 11 is 0. The van der Waals surface area contributed by atoms with Crippen molar-refractivity contribution in [1.29, 1.82) is 0 Å². The third kappa shape index (κ3) is 5.56. The topological polar surface area (TPSA) is 87.2 Å². The number of benzene rings is 3. The van der Waals surface area contributed by atoms with Crippen LogP contribution < -0.4 is 4.74 Å². The number of rotatable bonds is 7. The van der Waals surface area contributed by atoms with Gasteiger partial charge in [-0.3, -0.25) is 0 Å². The van der Waals surface area contributed by atoms with E-state index in [9.17, 15) is 18.3 Å². The number of carbonyl (C=O) groups excluding carboxylic acids is 1. The maximum atomic E-state index is 12.9. The Kier molecular flexibility index (Phi) is 8.02. The first-order valence-corrected chi connectivity index (χ1v) is 14.0. The number of aliphatic hydroxyl groups is 1. The van der Waals surface area contributed by atoms with E-state index >= 15 is 0 Å². The summed E-state index contributed by atoms with van der Waals surface area (Å²) in [7, 11) is -2.08. The van der Waals surface area contributed by atoms with Crippen LogP contribution in [0.15, 0.2) is 89.8 Å². The fourth-order valence-corrected chi connectivity index (χ4v) is 6.16. The lowest BCUT2D eigenvalue weighted by atomic mass is 9.72. The molecule has 1 aliphatic heterocycles. The van der Waals surface area contributed by atoms with Gasteiger partial charge in [0.15, 0.2) is 0 Å². The van der Waals surface area contributed by atoms with Crippen molar-refractivity contribution in [3.05, 3.63) is 96.1 Å². The van der Waals surface area contributed by atoms with Crippen molar-refractivity contribution in [2.45, 2.75) is 43.2 Å².